The number of amides is 1. The van der Waals surface area contributed by atoms with Crippen molar-refractivity contribution in [3.8, 4) is 17.1 Å². The number of ether oxygens (including phenoxy) is 1. The number of carbonyl (C=O) groups is 1. The summed E-state index contributed by atoms with van der Waals surface area (Å²) in [6.45, 7) is 6.35. The lowest BCUT2D eigenvalue weighted by Crippen LogP contribution is -2.50. The zero-order valence-corrected chi connectivity index (χ0v) is 19.9. The Morgan fingerprint density at radius 2 is 1.85 bits per heavy atom. The normalized spacial score (nSPS) is 13.3. The number of hydrogen-bond acceptors (Lipinski definition) is 5. The second-order valence-electron chi connectivity index (χ2n) is 9.34. The lowest BCUT2D eigenvalue weighted by molar-refractivity contribution is 0.0855. The molecule has 0 bridgehead atoms. The van der Waals surface area contributed by atoms with Crippen molar-refractivity contribution in [2.45, 2.75) is 39.3 Å². The van der Waals surface area contributed by atoms with Crippen molar-refractivity contribution in [1.29, 1.82) is 0 Å². The van der Waals surface area contributed by atoms with Crippen molar-refractivity contribution in [2.24, 2.45) is 5.41 Å². The topological polar surface area (TPSA) is 82.2 Å². The highest BCUT2D eigenvalue weighted by Crippen LogP contribution is 2.32. The number of methoxy groups -OCH3 is 1. The molecule has 7 nitrogen and oxygen atoms in total. The van der Waals surface area contributed by atoms with Crippen LogP contribution in [0.4, 0.5) is 0 Å². The quantitative estimate of drug-likeness (QED) is 0.394. The van der Waals surface area contributed by atoms with Crippen LogP contribution in [0.2, 0.25) is 0 Å². The Kier molecular flexibility index (Phi) is 6.82. The fraction of sp³-hybridized carbons (Fsp3) is 0.296. The molecule has 1 amide bonds. The molecule has 0 spiro atoms. The van der Waals surface area contributed by atoms with Crippen LogP contribution >= 0.6 is 0 Å². The van der Waals surface area contributed by atoms with Gasteiger partial charge in [-0.25, -0.2) is 9.67 Å². The van der Waals surface area contributed by atoms with Gasteiger partial charge >= 0.3 is 0 Å². The molecule has 0 fully saturated rings. The van der Waals surface area contributed by atoms with E-state index in [-0.39, 0.29) is 23.4 Å². The largest absolute Gasteiger partial charge is 0.496 e. The third-order valence-corrected chi connectivity index (χ3v) is 5.94. The van der Waals surface area contributed by atoms with Crippen molar-refractivity contribution in [3.05, 3.63) is 90.7 Å². The molecule has 2 aromatic heterocycles. The van der Waals surface area contributed by atoms with Crippen molar-refractivity contribution < 1.29 is 13.9 Å². The van der Waals surface area contributed by atoms with Gasteiger partial charge in [-0.15, -0.1) is 0 Å². The SMILES string of the molecule is COc1ccccc1C(=O)NC(C(Cc1ccc(-c2ccco2)cc1)n1cncn1)C(C)(C)C. The first-order chi connectivity index (χ1) is 16.4. The monoisotopic (exact) mass is 458 g/mol. The van der Waals surface area contributed by atoms with E-state index in [1.807, 2.05) is 41.1 Å². The predicted octanol–water partition coefficient (Wildman–Crippen LogP) is 5.18. The summed E-state index contributed by atoms with van der Waals surface area (Å²) in [6.07, 6.45) is 5.56. The minimum atomic E-state index is -0.262. The van der Waals surface area contributed by atoms with Gasteiger partial charge in [0.2, 0.25) is 0 Å². The summed E-state index contributed by atoms with van der Waals surface area (Å²) in [4.78, 5) is 17.5. The van der Waals surface area contributed by atoms with Crippen LogP contribution in [-0.2, 0) is 6.42 Å². The highest BCUT2D eigenvalue weighted by molar-refractivity contribution is 5.97. The van der Waals surface area contributed by atoms with Gasteiger partial charge in [-0.1, -0.05) is 57.2 Å². The number of aromatic nitrogens is 3. The first kappa shape index (κ1) is 23.3. The van der Waals surface area contributed by atoms with E-state index in [9.17, 15) is 4.79 Å². The van der Waals surface area contributed by atoms with Gasteiger partial charge in [0.15, 0.2) is 0 Å². The average molecular weight is 459 g/mol. The molecule has 0 saturated heterocycles. The standard InChI is InChI=1S/C27H30N4O3/c1-27(2,3)25(30-26(32)21-8-5-6-9-24(21)33-4)22(31-18-28-17-29-31)16-19-11-13-20(14-12-19)23-10-7-15-34-23/h5-15,17-18,22,25H,16H2,1-4H3,(H,30,32). The number of rotatable bonds is 8. The summed E-state index contributed by atoms with van der Waals surface area (Å²) in [5.41, 5.74) is 2.38. The molecule has 0 aliphatic heterocycles. The molecule has 34 heavy (non-hydrogen) atoms. The highest BCUT2D eigenvalue weighted by Gasteiger charge is 2.36. The van der Waals surface area contributed by atoms with Crippen LogP contribution in [0.3, 0.4) is 0 Å². The Bertz CT molecular complexity index is 1190. The number of nitrogens with one attached hydrogen (secondary N) is 1. The van der Waals surface area contributed by atoms with Crippen LogP contribution in [0.1, 0.15) is 42.7 Å². The van der Waals surface area contributed by atoms with E-state index >= 15 is 0 Å². The van der Waals surface area contributed by atoms with Crippen LogP contribution in [0, 0.1) is 5.41 Å². The molecular formula is C27H30N4O3. The maximum absolute atomic E-state index is 13.3. The molecule has 1 N–H and O–H groups in total. The van der Waals surface area contributed by atoms with E-state index in [2.05, 4.69) is 48.3 Å². The maximum atomic E-state index is 13.3. The second kappa shape index (κ2) is 9.95. The van der Waals surface area contributed by atoms with Gasteiger partial charge in [0.25, 0.3) is 5.91 Å². The molecule has 2 heterocycles. The Morgan fingerprint density at radius 1 is 1.09 bits per heavy atom. The number of carbonyl (C=O) groups excluding carboxylic acids is 1. The second-order valence-corrected chi connectivity index (χ2v) is 9.34. The van der Waals surface area contributed by atoms with Crippen LogP contribution in [-0.4, -0.2) is 33.8 Å². The molecule has 2 aromatic carbocycles. The first-order valence-electron chi connectivity index (χ1n) is 11.3. The molecule has 2 unspecified atom stereocenters. The minimum Gasteiger partial charge on any atom is -0.496 e. The maximum Gasteiger partial charge on any atom is 0.255 e. The van der Waals surface area contributed by atoms with Gasteiger partial charge in [-0.3, -0.25) is 4.79 Å². The van der Waals surface area contributed by atoms with E-state index in [1.54, 1.807) is 31.8 Å². The fourth-order valence-electron chi connectivity index (χ4n) is 4.18. The zero-order valence-electron chi connectivity index (χ0n) is 19.9. The predicted molar refractivity (Wildman–Crippen MR) is 131 cm³/mol. The molecule has 4 aromatic rings. The molecule has 2 atom stereocenters. The average Bonchev–Trinajstić information content (AvgIpc) is 3.55. The van der Waals surface area contributed by atoms with E-state index in [0.29, 0.717) is 17.7 Å². The summed E-state index contributed by atoms with van der Waals surface area (Å²) in [5, 5.41) is 7.70. The molecular weight excluding hydrogens is 428 g/mol. The molecule has 0 saturated carbocycles. The van der Waals surface area contributed by atoms with Gasteiger partial charge in [0, 0.05) is 5.56 Å². The van der Waals surface area contributed by atoms with Gasteiger partial charge in [-0.05, 0) is 41.7 Å². The van der Waals surface area contributed by atoms with E-state index in [0.717, 1.165) is 16.9 Å². The van der Waals surface area contributed by atoms with Crippen LogP contribution in [0.5, 0.6) is 5.75 Å². The Balaban J connectivity index is 1.64. The summed E-state index contributed by atoms with van der Waals surface area (Å²) < 4.78 is 12.7. The minimum absolute atomic E-state index is 0.157. The lowest BCUT2D eigenvalue weighted by atomic mass is 9.80. The van der Waals surface area contributed by atoms with E-state index < -0.39 is 0 Å². The van der Waals surface area contributed by atoms with Crippen molar-refractivity contribution in [1.82, 2.24) is 20.1 Å². The molecule has 7 heteroatoms. The summed E-state index contributed by atoms with van der Waals surface area (Å²) >= 11 is 0. The van der Waals surface area contributed by atoms with Crippen LogP contribution in [0.25, 0.3) is 11.3 Å². The Labute approximate surface area is 199 Å². The number of hydrogen-bond donors (Lipinski definition) is 1. The van der Waals surface area contributed by atoms with Crippen LogP contribution in [0.15, 0.2) is 84.0 Å². The molecule has 0 aliphatic carbocycles. The lowest BCUT2D eigenvalue weighted by Gasteiger charge is -2.38. The Morgan fingerprint density at radius 3 is 2.47 bits per heavy atom. The first-order valence-corrected chi connectivity index (χ1v) is 11.3. The molecule has 176 valence electrons. The van der Waals surface area contributed by atoms with Crippen molar-refractivity contribution in [2.75, 3.05) is 7.11 Å². The van der Waals surface area contributed by atoms with E-state index in [4.69, 9.17) is 9.15 Å². The summed E-state index contributed by atoms with van der Waals surface area (Å²) in [7, 11) is 1.57. The highest BCUT2D eigenvalue weighted by atomic mass is 16.5. The van der Waals surface area contributed by atoms with E-state index in [1.165, 1.54) is 6.33 Å². The third kappa shape index (κ3) is 5.20. The van der Waals surface area contributed by atoms with Gasteiger partial charge < -0.3 is 14.5 Å². The van der Waals surface area contributed by atoms with Gasteiger partial charge in [0.05, 0.1) is 31.0 Å². The molecule has 0 radical (unpaired) electrons. The number of para-hydroxylation sites is 1. The van der Waals surface area contributed by atoms with Crippen LogP contribution < -0.4 is 10.1 Å². The summed E-state index contributed by atoms with van der Waals surface area (Å²) in [5.74, 6) is 1.19. The van der Waals surface area contributed by atoms with Gasteiger partial charge in [-0.2, -0.15) is 5.10 Å². The third-order valence-electron chi connectivity index (χ3n) is 5.94. The van der Waals surface area contributed by atoms with Crippen molar-refractivity contribution in [3.63, 3.8) is 0 Å². The van der Waals surface area contributed by atoms with Crippen molar-refractivity contribution >= 4 is 5.91 Å². The zero-order chi connectivity index (χ0) is 24.1. The molecule has 4 rings (SSSR count). The molecule has 0 aliphatic rings. The Hall–Kier alpha value is -3.87. The smallest absolute Gasteiger partial charge is 0.255 e. The summed E-state index contributed by atoms with van der Waals surface area (Å²) in [6, 6.07) is 18.9. The number of nitrogens with zero attached hydrogens (tertiary/aromatic N) is 3. The number of benzene rings is 2. The van der Waals surface area contributed by atoms with Gasteiger partial charge in [0.1, 0.15) is 24.2 Å². The number of furan rings is 1. The fourth-order valence-corrected chi connectivity index (χ4v) is 4.18.